The summed E-state index contributed by atoms with van der Waals surface area (Å²) in [5, 5.41) is 19.3. The maximum atomic E-state index is 11.6. The van der Waals surface area contributed by atoms with Gasteiger partial charge in [0.15, 0.2) is 0 Å². The molecule has 2 amide bonds. The van der Waals surface area contributed by atoms with Crippen molar-refractivity contribution in [1.82, 2.24) is 10.6 Å². The average molecular weight is 268 g/mol. The molecule has 0 bridgehead atoms. The van der Waals surface area contributed by atoms with Gasteiger partial charge in [-0.3, -0.25) is 0 Å². The second-order valence-electron chi connectivity index (χ2n) is 4.91. The van der Waals surface area contributed by atoms with E-state index in [0.29, 0.717) is 5.92 Å². The molecule has 4 nitrogen and oxygen atoms in total. The van der Waals surface area contributed by atoms with Crippen LogP contribution in [0.1, 0.15) is 37.9 Å². The third-order valence-corrected chi connectivity index (χ3v) is 4.30. The second kappa shape index (κ2) is 6.20. The number of hydrogen-bond acceptors (Lipinski definition) is 3. The van der Waals surface area contributed by atoms with Gasteiger partial charge in [-0.05, 0) is 48.1 Å². The summed E-state index contributed by atoms with van der Waals surface area (Å²) in [5.41, 5.74) is 0.854. The molecule has 1 aromatic heterocycles. The summed E-state index contributed by atoms with van der Waals surface area (Å²) in [4.78, 5) is 11.6. The first-order valence-corrected chi connectivity index (χ1v) is 7.35. The van der Waals surface area contributed by atoms with E-state index < -0.39 is 6.10 Å². The Hall–Kier alpha value is -1.07. The maximum absolute atomic E-state index is 11.6. The molecular formula is C13H20N2O2S. The van der Waals surface area contributed by atoms with E-state index >= 15 is 0 Å². The molecule has 0 aromatic carbocycles. The quantitative estimate of drug-likeness (QED) is 0.767. The van der Waals surface area contributed by atoms with Gasteiger partial charge in [0, 0.05) is 12.6 Å². The van der Waals surface area contributed by atoms with Crippen molar-refractivity contribution in [2.24, 2.45) is 5.92 Å². The van der Waals surface area contributed by atoms with Crippen LogP contribution in [0.5, 0.6) is 0 Å². The molecule has 0 aliphatic heterocycles. The molecule has 2 atom stereocenters. The van der Waals surface area contributed by atoms with Gasteiger partial charge in [-0.2, -0.15) is 11.3 Å². The van der Waals surface area contributed by atoms with Crippen molar-refractivity contribution in [2.75, 3.05) is 6.54 Å². The number of carbonyl (C=O) groups excluding carboxylic acids is 1. The van der Waals surface area contributed by atoms with Crippen LogP contribution in [-0.2, 0) is 0 Å². The molecule has 0 radical (unpaired) electrons. The van der Waals surface area contributed by atoms with E-state index in [1.807, 2.05) is 23.8 Å². The monoisotopic (exact) mass is 268 g/mol. The van der Waals surface area contributed by atoms with Crippen LogP contribution in [0.25, 0.3) is 0 Å². The van der Waals surface area contributed by atoms with Gasteiger partial charge in [0.25, 0.3) is 0 Å². The Morgan fingerprint density at radius 3 is 2.94 bits per heavy atom. The number of rotatable bonds is 5. The largest absolute Gasteiger partial charge is 0.387 e. The Morgan fingerprint density at radius 2 is 2.39 bits per heavy atom. The molecule has 5 heteroatoms. The first-order chi connectivity index (χ1) is 8.66. The van der Waals surface area contributed by atoms with Crippen molar-refractivity contribution >= 4 is 17.4 Å². The number of amides is 2. The lowest BCUT2D eigenvalue weighted by atomic mass is 9.80. The van der Waals surface area contributed by atoms with E-state index in [4.69, 9.17) is 0 Å². The Bertz CT molecular complexity index is 376. The van der Waals surface area contributed by atoms with E-state index in [1.54, 1.807) is 0 Å². The number of thiophene rings is 1. The minimum atomic E-state index is -0.624. The molecule has 1 aliphatic rings. The van der Waals surface area contributed by atoms with Gasteiger partial charge in [-0.25, -0.2) is 4.79 Å². The van der Waals surface area contributed by atoms with Crippen molar-refractivity contribution in [3.63, 3.8) is 0 Å². The summed E-state index contributed by atoms with van der Waals surface area (Å²) in [7, 11) is 0. The van der Waals surface area contributed by atoms with E-state index in [9.17, 15) is 9.90 Å². The zero-order valence-electron chi connectivity index (χ0n) is 10.6. The van der Waals surface area contributed by atoms with E-state index in [0.717, 1.165) is 5.56 Å². The number of nitrogens with one attached hydrogen (secondary N) is 2. The van der Waals surface area contributed by atoms with Crippen LogP contribution < -0.4 is 10.6 Å². The molecule has 2 rings (SSSR count). The Kier molecular flexibility index (Phi) is 4.60. The van der Waals surface area contributed by atoms with Gasteiger partial charge in [0.1, 0.15) is 0 Å². The number of aliphatic hydroxyl groups excluding tert-OH is 1. The Morgan fingerprint density at radius 1 is 1.61 bits per heavy atom. The lowest BCUT2D eigenvalue weighted by Crippen LogP contribution is -2.46. The SMILES string of the molecule is CC(NC(=O)NCC(O)c1ccsc1)C1CCC1. The number of aliphatic hydroxyl groups is 1. The van der Waals surface area contributed by atoms with Gasteiger partial charge in [0.05, 0.1) is 6.10 Å². The Balaban J connectivity index is 1.68. The summed E-state index contributed by atoms with van der Waals surface area (Å²) in [6.45, 7) is 2.29. The van der Waals surface area contributed by atoms with Crippen LogP contribution in [0.3, 0.4) is 0 Å². The summed E-state index contributed by atoms with van der Waals surface area (Å²) in [6, 6.07) is 1.90. The third-order valence-electron chi connectivity index (χ3n) is 3.60. The van der Waals surface area contributed by atoms with Gasteiger partial charge in [-0.15, -0.1) is 0 Å². The molecule has 1 saturated carbocycles. The molecule has 1 aliphatic carbocycles. The Labute approximate surface area is 111 Å². The summed E-state index contributed by atoms with van der Waals surface area (Å²) in [6.07, 6.45) is 3.06. The van der Waals surface area contributed by atoms with Gasteiger partial charge >= 0.3 is 6.03 Å². The number of carbonyl (C=O) groups is 1. The molecule has 3 N–H and O–H groups in total. The van der Waals surface area contributed by atoms with Crippen LogP contribution in [0, 0.1) is 5.92 Å². The zero-order valence-corrected chi connectivity index (χ0v) is 11.4. The molecule has 1 aromatic rings. The van der Waals surface area contributed by atoms with Crippen molar-refractivity contribution in [1.29, 1.82) is 0 Å². The molecule has 2 unspecified atom stereocenters. The van der Waals surface area contributed by atoms with E-state index in [1.165, 1.54) is 30.6 Å². The normalized spacial score (nSPS) is 18.8. The highest BCUT2D eigenvalue weighted by Gasteiger charge is 2.24. The van der Waals surface area contributed by atoms with Crippen molar-refractivity contribution in [3.8, 4) is 0 Å². The minimum Gasteiger partial charge on any atom is -0.387 e. The molecule has 0 saturated heterocycles. The zero-order chi connectivity index (χ0) is 13.0. The predicted molar refractivity (Wildman–Crippen MR) is 72.6 cm³/mol. The van der Waals surface area contributed by atoms with E-state index in [-0.39, 0.29) is 18.6 Å². The first kappa shape index (κ1) is 13.4. The van der Waals surface area contributed by atoms with Gasteiger partial charge in [-0.1, -0.05) is 6.42 Å². The van der Waals surface area contributed by atoms with Crippen LogP contribution >= 0.6 is 11.3 Å². The minimum absolute atomic E-state index is 0.191. The smallest absolute Gasteiger partial charge is 0.315 e. The fraction of sp³-hybridized carbons (Fsp3) is 0.615. The van der Waals surface area contributed by atoms with Crippen molar-refractivity contribution < 1.29 is 9.90 Å². The lowest BCUT2D eigenvalue weighted by molar-refractivity contribution is 0.170. The van der Waals surface area contributed by atoms with Crippen LogP contribution in [-0.4, -0.2) is 23.7 Å². The molecular weight excluding hydrogens is 248 g/mol. The van der Waals surface area contributed by atoms with Crippen molar-refractivity contribution in [3.05, 3.63) is 22.4 Å². The third kappa shape index (κ3) is 3.46. The average Bonchev–Trinajstić information content (AvgIpc) is 2.76. The van der Waals surface area contributed by atoms with Crippen molar-refractivity contribution in [2.45, 2.75) is 38.3 Å². The maximum Gasteiger partial charge on any atom is 0.315 e. The van der Waals surface area contributed by atoms with Gasteiger partial charge < -0.3 is 15.7 Å². The fourth-order valence-corrected chi connectivity index (χ4v) is 2.79. The highest BCUT2D eigenvalue weighted by molar-refractivity contribution is 7.07. The standard InChI is InChI=1S/C13H20N2O2S/c1-9(10-3-2-4-10)15-13(17)14-7-12(16)11-5-6-18-8-11/h5-6,8-10,12,16H,2-4,7H2,1H3,(H2,14,15,17). The summed E-state index contributed by atoms with van der Waals surface area (Å²) < 4.78 is 0. The van der Waals surface area contributed by atoms with E-state index in [2.05, 4.69) is 10.6 Å². The second-order valence-corrected chi connectivity index (χ2v) is 5.69. The number of urea groups is 1. The molecule has 100 valence electrons. The summed E-state index contributed by atoms with van der Waals surface area (Å²) >= 11 is 1.54. The fourth-order valence-electron chi connectivity index (χ4n) is 2.09. The molecule has 18 heavy (non-hydrogen) atoms. The van der Waals surface area contributed by atoms with Crippen LogP contribution in [0.15, 0.2) is 16.8 Å². The number of hydrogen-bond donors (Lipinski definition) is 3. The molecule has 1 heterocycles. The topological polar surface area (TPSA) is 61.4 Å². The highest BCUT2D eigenvalue weighted by atomic mass is 32.1. The molecule has 0 spiro atoms. The van der Waals surface area contributed by atoms with Crippen LogP contribution in [0.2, 0.25) is 0 Å². The summed E-state index contributed by atoms with van der Waals surface area (Å²) in [5.74, 6) is 0.623. The van der Waals surface area contributed by atoms with Crippen LogP contribution in [0.4, 0.5) is 4.79 Å². The van der Waals surface area contributed by atoms with Gasteiger partial charge in [0.2, 0.25) is 0 Å². The molecule has 1 fully saturated rings. The lowest BCUT2D eigenvalue weighted by Gasteiger charge is -2.31. The highest BCUT2D eigenvalue weighted by Crippen LogP contribution is 2.29. The first-order valence-electron chi connectivity index (χ1n) is 6.41. The predicted octanol–water partition coefficient (Wildman–Crippen LogP) is 2.27.